The number of benzene rings is 1. The Bertz CT molecular complexity index is 561. The van der Waals surface area contributed by atoms with Gasteiger partial charge in [-0.2, -0.15) is 4.39 Å². The summed E-state index contributed by atoms with van der Waals surface area (Å²) in [5.74, 6) is -0.665. The van der Waals surface area contributed by atoms with Gasteiger partial charge in [-0.15, -0.1) is 0 Å². The molecular weight excluding hydrogens is 239 g/mol. The van der Waals surface area contributed by atoms with Crippen molar-refractivity contribution in [1.82, 2.24) is 4.98 Å². The van der Waals surface area contributed by atoms with Crippen LogP contribution in [-0.4, -0.2) is 9.91 Å². The summed E-state index contributed by atoms with van der Waals surface area (Å²) in [5.41, 5.74) is 0.315. The van der Waals surface area contributed by atoms with E-state index in [-0.39, 0.29) is 12.4 Å². The minimum Gasteiger partial charge on any atom is -0.489 e. The van der Waals surface area contributed by atoms with E-state index >= 15 is 0 Å². The fourth-order valence-electron chi connectivity index (χ4n) is 1.37. The van der Waals surface area contributed by atoms with Crippen LogP contribution in [0.3, 0.4) is 0 Å². The zero-order valence-corrected chi connectivity index (χ0v) is 9.25. The van der Waals surface area contributed by atoms with Crippen LogP contribution >= 0.6 is 0 Å². The molecule has 5 nitrogen and oxygen atoms in total. The number of rotatable bonds is 4. The molecule has 0 amide bonds. The fourth-order valence-corrected chi connectivity index (χ4v) is 1.37. The Labute approximate surface area is 102 Å². The fraction of sp³-hybridized carbons (Fsp3) is 0.0833. The largest absolute Gasteiger partial charge is 0.489 e. The zero-order chi connectivity index (χ0) is 13.0. The summed E-state index contributed by atoms with van der Waals surface area (Å²) in [7, 11) is 0. The molecule has 2 aromatic rings. The first-order valence-corrected chi connectivity index (χ1v) is 5.12. The van der Waals surface area contributed by atoms with Gasteiger partial charge in [0.25, 0.3) is 0 Å². The van der Waals surface area contributed by atoms with Crippen molar-refractivity contribution in [3.05, 3.63) is 64.2 Å². The summed E-state index contributed by atoms with van der Waals surface area (Å²) in [6, 6.07) is 6.97. The van der Waals surface area contributed by atoms with E-state index in [1.54, 1.807) is 24.5 Å². The van der Waals surface area contributed by atoms with Crippen molar-refractivity contribution in [2.75, 3.05) is 0 Å². The van der Waals surface area contributed by atoms with Crippen LogP contribution < -0.4 is 4.74 Å². The first kappa shape index (κ1) is 12.0. The Morgan fingerprint density at radius 2 is 2.00 bits per heavy atom. The molecule has 0 saturated carbocycles. The van der Waals surface area contributed by atoms with Crippen LogP contribution in [0.2, 0.25) is 0 Å². The van der Waals surface area contributed by atoms with Gasteiger partial charge in [-0.05, 0) is 23.8 Å². The number of nitrogens with zero attached hydrogens (tertiary/aromatic N) is 2. The molecule has 92 valence electrons. The Morgan fingerprint density at radius 3 is 2.61 bits per heavy atom. The normalized spacial score (nSPS) is 10.1. The van der Waals surface area contributed by atoms with Crippen LogP contribution in [-0.2, 0) is 6.61 Å². The summed E-state index contributed by atoms with van der Waals surface area (Å²) in [5, 5.41) is 10.4. The molecule has 0 bridgehead atoms. The van der Waals surface area contributed by atoms with Crippen LogP contribution in [0.4, 0.5) is 10.1 Å². The van der Waals surface area contributed by atoms with Crippen molar-refractivity contribution in [1.29, 1.82) is 0 Å². The van der Waals surface area contributed by atoms with Gasteiger partial charge in [0.15, 0.2) is 0 Å². The number of hydrogen-bond donors (Lipinski definition) is 0. The van der Waals surface area contributed by atoms with Gasteiger partial charge in [-0.1, -0.05) is 0 Å². The monoisotopic (exact) mass is 248 g/mol. The van der Waals surface area contributed by atoms with Crippen molar-refractivity contribution in [2.45, 2.75) is 6.61 Å². The van der Waals surface area contributed by atoms with E-state index in [1.165, 1.54) is 6.07 Å². The van der Waals surface area contributed by atoms with Crippen LogP contribution in [0, 0.1) is 15.9 Å². The molecule has 2 rings (SSSR count). The lowest BCUT2D eigenvalue weighted by Crippen LogP contribution is -1.97. The van der Waals surface area contributed by atoms with Gasteiger partial charge in [0.05, 0.1) is 4.92 Å². The standard InChI is InChI=1S/C12H9FN2O3/c13-11-7-10(1-2-12(11)15(16)17)18-8-9-3-5-14-6-4-9/h1-7H,8H2. The molecular formula is C12H9FN2O3. The number of pyridine rings is 1. The Balaban J connectivity index is 2.07. The topological polar surface area (TPSA) is 65.3 Å². The van der Waals surface area contributed by atoms with E-state index in [0.717, 1.165) is 17.7 Å². The summed E-state index contributed by atoms with van der Waals surface area (Å²) in [6.07, 6.45) is 3.24. The van der Waals surface area contributed by atoms with Gasteiger partial charge in [0, 0.05) is 24.5 Å². The maximum Gasteiger partial charge on any atom is 0.305 e. The third-order valence-electron chi connectivity index (χ3n) is 2.27. The molecule has 0 radical (unpaired) electrons. The molecule has 6 heteroatoms. The van der Waals surface area contributed by atoms with Crippen molar-refractivity contribution in [3.63, 3.8) is 0 Å². The molecule has 1 heterocycles. The Morgan fingerprint density at radius 1 is 1.28 bits per heavy atom. The predicted molar refractivity (Wildman–Crippen MR) is 61.6 cm³/mol. The van der Waals surface area contributed by atoms with Gasteiger partial charge < -0.3 is 4.74 Å². The molecule has 0 spiro atoms. The number of nitro groups is 1. The number of aromatic nitrogens is 1. The second-order valence-corrected chi connectivity index (χ2v) is 3.51. The average molecular weight is 248 g/mol. The lowest BCUT2D eigenvalue weighted by atomic mass is 10.3. The third kappa shape index (κ3) is 2.79. The zero-order valence-electron chi connectivity index (χ0n) is 9.25. The van der Waals surface area contributed by atoms with E-state index in [1.807, 2.05) is 0 Å². The quantitative estimate of drug-likeness (QED) is 0.616. The molecule has 0 fully saturated rings. The number of ether oxygens (including phenoxy) is 1. The van der Waals surface area contributed by atoms with Gasteiger partial charge in [-0.25, -0.2) is 0 Å². The van der Waals surface area contributed by atoms with E-state index in [2.05, 4.69) is 4.98 Å². The molecule has 1 aromatic heterocycles. The smallest absolute Gasteiger partial charge is 0.305 e. The molecule has 18 heavy (non-hydrogen) atoms. The number of hydrogen-bond acceptors (Lipinski definition) is 4. The second kappa shape index (κ2) is 5.22. The summed E-state index contributed by atoms with van der Waals surface area (Å²) in [4.78, 5) is 13.5. The van der Waals surface area contributed by atoms with E-state index in [0.29, 0.717) is 0 Å². The van der Waals surface area contributed by atoms with Crippen LogP contribution in [0.1, 0.15) is 5.56 Å². The highest BCUT2D eigenvalue weighted by Gasteiger charge is 2.14. The average Bonchev–Trinajstić information content (AvgIpc) is 2.37. The minimum atomic E-state index is -0.910. The van der Waals surface area contributed by atoms with Gasteiger partial charge in [-0.3, -0.25) is 15.1 Å². The number of nitro benzene ring substituents is 1. The molecule has 0 aliphatic heterocycles. The van der Waals surface area contributed by atoms with Crippen LogP contribution in [0.25, 0.3) is 0 Å². The summed E-state index contributed by atoms with van der Waals surface area (Å²) in [6.45, 7) is 0.250. The van der Waals surface area contributed by atoms with E-state index in [4.69, 9.17) is 4.74 Å². The lowest BCUT2D eigenvalue weighted by Gasteiger charge is -2.05. The number of halogens is 1. The van der Waals surface area contributed by atoms with E-state index < -0.39 is 16.4 Å². The Hall–Kier alpha value is -2.50. The molecule has 0 aliphatic rings. The van der Waals surface area contributed by atoms with Crippen LogP contribution in [0.5, 0.6) is 5.75 Å². The second-order valence-electron chi connectivity index (χ2n) is 3.51. The molecule has 0 saturated heterocycles. The summed E-state index contributed by atoms with van der Waals surface area (Å²) >= 11 is 0. The molecule has 0 atom stereocenters. The van der Waals surface area contributed by atoms with Crippen molar-refractivity contribution in [3.8, 4) is 5.75 Å². The summed E-state index contributed by atoms with van der Waals surface area (Å²) < 4.78 is 18.6. The van der Waals surface area contributed by atoms with E-state index in [9.17, 15) is 14.5 Å². The highest BCUT2D eigenvalue weighted by Crippen LogP contribution is 2.22. The van der Waals surface area contributed by atoms with Crippen LogP contribution in [0.15, 0.2) is 42.7 Å². The molecule has 0 unspecified atom stereocenters. The lowest BCUT2D eigenvalue weighted by molar-refractivity contribution is -0.387. The first-order valence-electron chi connectivity index (χ1n) is 5.12. The van der Waals surface area contributed by atoms with Gasteiger partial charge >= 0.3 is 5.69 Å². The van der Waals surface area contributed by atoms with Crippen molar-refractivity contribution in [2.24, 2.45) is 0 Å². The highest BCUT2D eigenvalue weighted by atomic mass is 19.1. The molecule has 1 aromatic carbocycles. The van der Waals surface area contributed by atoms with Crippen molar-refractivity contribution >= 4 is 5.69 Å². The maximum atomic E-state index is 13.3. The molecule has 0 N–H and O–H groups in total. The van der Waals surface area contributed by atoms with Crippen molar-refractivity contribution < 1.29 is 14.1 Å². The molecule has 0 aliphatic carbocycles. The SMILES string of the molecule is O=[N+]([O-])c1ccc(OCc2ccncc2)cc1F. The highest BCUT2D eigenvalue weighted by molar-refractivity contribution is 5.38. The first-order chi connectivity index (χ1) is 8.66. The maximum absolute atomic E-state index is 13.3. The van der Waals surface area contributed by atoms with Gasteiger partial charge in [0.1, 0.15) is 12.4 Å². The third-order valence-corrected chi connectivity index (χ3v) is 2.27. The Kier molecular flexibility index (Phi) is 3.47. The predicted octanol–water partition coefficient (Wildman–Crippen LogP) is 2.71. The minimum absolute atomic E-state index is 0.245. The van der Waals surface area contributed by atoms with Gasteiger partial charge in [0.2, 0.25) is 5.82 Å².